The van der Waals surface area contributed by atoms with Gasteiger partial charge in [0, 0.05) is 15.8 Å². The van der Waals surface area contributed by atoms with Crippen molar-refractivity contribution >= 4 is 50.9 Å². The van der Waals surface area contributed by atoms with Crippen molar-refractivity contribution < 1.29 is 9.59 Å². The highest BCUT2D eigenvalue weighted by molar-refractivity contribution is 9.10. The number of aryl methyl sites for hydroxylation is 3. The van der Waals surface area contributed by atoms with E-state index in [9.17, 15) is 14.9 Å². The van der Waals surface area contributed by atoms with Gasteiger partial charge in [0.2, 0.25) is 5.91 Å². The molecule has 4 rings (SSSR count). The Balaban J connectivity index is 1.74. The summed E-state index contributed by atoms with van der Waals surface area (Å²) in [5, 5.41) is 12.7. The summed E-state index contributed by atoms with van der Waals surface area (Å²) in [7, 11) is 0. The van der Waals surface area contributed by atoms with Gasteiger partial charge in [-0.15, -0.1) is 0 Å². The van der Waals surface area contributed by atoms with Crippen LogP contribution in [0.1, 0.15) is 22.3 Å². The first-order valence-electron chi connectivity index (χ1n) is 11.1. The lowest BCUT2D eigenvalue weighted by molar-refractivity contribution is -0.117. The average Bonchev–Trinajstić information content (AvgIpc) is 3.13. The van der Waals surface area contributed by atoms with E-state index >= 15 is 0 Å². The van der Waals surface area contributed by atoms with Crippen LogP contribution in [0.4, 0.5) is 11.4 Å². The van der Waals surface area contributed by atoms with Crippen LogP contribution in [0.15, 0.2) is 81.8 Å². The molecule has 35 heavy (non-hydrogen) atoms. The Bertz CT molecular complexity index is 1380. The fraction of sp³-hybridized carbons (Fsp3) is 0.179. The summed E-state index contributed by atoms with van der Waals surface area (Å²) >= 11 is 4.71. The number of amides is 2. The van der Waals surface area contributed by atoms with Crippen molar-refractivity contribution in [2.24, 2.45) is 0 Å². The van der Waals surface area contributed by atoms with Crippen molar-refractivity contribution in [3.05, 3.63) is 104 Å². The van der Waals surface area contributed by atoms with Gasteiger partial charge in [-0.25, -0.2) is 0 Å². The summed E-state index contributed by atoms with van der Waals surface area (Å²) in [6, 6.07) is 23.0. The van der Waals surface area contributed by atoms with Crippen molar-refractivity contribution in [2.45, 2.75) is 32.4 Å². The number of nitriles is 1. The third-order valence-corrected chi connectivity index (χ3v) is 7.66. The second-order valence-corrected chi connectivity index (χ2v) is 10.6. The van der Waals surface area contributed by atoms with Crippen molar-refractivity contribution in [1.82, 2.24) is 0 Å². The highest BCUT2D eigenvalue weighted by Crippen LogP contribution is 2.42. The molecule has 1 unspecified atom stereocenters. The molecule has 0 spiro atoms. The monoisotopic (exact) mass is 545 g/mol. The van der Waals surface area contributed by atoms with Crippen LogP contribution in [-0.4, -0.2) is 17.1 Å². The van der Waals surface area contributed by atoms with Crippen LogP contribution in [0.25, 0.3) is 0 Å². The molecule has 0 aliphatic carbocycles. The summed E-state index contributed by atoms with van der Waals surface area (Å²) in [4.78, 5) is 28.4. The number of rotatable bonds is 5. The molecule has 5 nitrogen and oxygen atoms in total. The van der Waals surface area contributed by atoms with Gasteiger partial charge in [-0.05, 0) is 85.8 Å². The summed E-state index contributed by atoms with van der Waals surface area (Å²) in [5.74, 6) is -0.682. The molecule has 1 aliphatic rings. The second-order valence-electron chi connectivity index (χ2n) is 8.49. The Morgan fingerprint density at radius 1 is 1.06 bits per heavy atom. The van der Waals surface area contributed by atoms with E-state index in [-0.39, 0.29) is 11.5 Å². The maximum absolute atomic E-state index is 13.7. The maximum atomic E-state index is 13.7. The molecule has 0 saturated carbocycles. The van der Waals surface area contributed by atoms with Crippen molar-refractivity contribution in [2.75, 3.05) is 10.2 Å². The summed E-state index contributed by atoms with van der Waals surface area (Å²) in [6.45, 7) is 5.91. The zero-order valence-electron chi connectivity index (χ0n) is 19.6. The van der Waals surface area contributed by atoms with Crippen LogP contribution in [-0.2, 0) is 16.0 Å². The Kier molecular flexibility index (Phi) is 7.44. The normalized spacial score (nSPS) is 16.7. The van der Waals surface area contributed by atoms with Crippen LogP contribution in [0, 0.1) is 32.1 Å². The number of benzene rings is 3. The highest BCUT2D eigenvalue weighted by atomic mass is 79.9. The van der Waals surface area contributed by atoms with Crippen LogP contribution < -0.4 is 10.2 Å². The Labute approximate surface area is 218 Å². The van der Waals surface area contributed by atoms with E-state index in [1.54, 1.807) is 6.07 Å². The standard InChI is InChI=1S/C28H24BrN3O2S/c1-17-5-4-6-22(13-17)31-26(33)24(16-30)28-32(23-12-7-18(2)19(3)14-23)27(34)25(35-28)15-20-8-10-21(29)11-9-20/h4-14,25H,15H2,1-3H3,(H,31,33)/b28-24-. The SMILES string of the molecule is Cc1cccc(NC(=O)/C(C#N)=C2\SC(Cc3ccc(Br)cc3)C(=O)N2c2ccc(C)c(C)c2)c1. The number of carbonyl (C=O) groups is 2. The largest absolute Gasteiger partial charge is 0.321 e. The molecule has 1 fully saturated rings. The number of hydrogen-bond acceptors (Lipinski definition) is 4. The van der Waals surface area contributed by atoms with E-state index < -0.39 is 11.2 Å². The molecule has 1 N–H and O–H groups in total. The van der Waals surface area contributed by atoms with Gasteiger partial charge in [-0.1, -0.05) is 58.0 Å². The van der Waals surface area contributed by atoms with E-state index in [1.807, 2.05) is 81.4 Å². The topological polar surface area (TPSA) is 73.2 Å². The van der Waals surface area contributed by atoms with Crippen molar-refractivity contribution in [3.63, 3.8) is 0 Å². The lowest BCUT2D eigenvalue weighted by Crippen LogP contribution is -2.31. The number of nitrogens with one attached hydrogen (secondary N) is 1. The third kappa shape index (κ3) is 5.50. The number of halogens is 1. The third-order valence-electron chi connectivity index (χ3n) is 5.86. The molecule has 1 heterocycles. The molecule has 7 heteroatoms. The van der Waals surface area contributed by atoms with Gasteiger partial charge >= 0.3 is 0 Å². The highest BCUT2D eigenvalue weighted by Gasteiger charge is 2.41. The molecule has 1 saturated heterocycles. The molecule has 1 aliphatic heterocycles. The number of anilines is 2. The fourth-order valence-corrected chi connectivity index (χ4v) is 5.41. The van der Waals surface area contributed by atoms with Crippen LogP contribution in [0.5, 0.6) is 0 Å². The minimum Gasteiger partial charge on any atom is -0.321 e. The summed E-state index contributed by atoms with van der Waals surface area (Å²) in [5.41, 5.74) is 5.29. The first-order valence-corrected chi connectivity index (χ1v) is 12.8. The molecular formula is C28H24BrN3O2S. The minimum absolute atomic E-state index is 0.0820. The smallest absolute Gasteiger partial charge is 0.269 e. The molecule has 0 aromatic heterocycles. The van der Waals surface area contributed by atoms with Gasteiger partial charge in [0.1, 0.15) is 16.7 Å². The lowest BCUT2D eigenvalue weighted by Gasteiger charge is -2.20. The number of hydrogen-bond donors (Lipinski definition) is 1. The zero-order valence-corrected chi connectivity index (χ0v) is 22.0. The van der Waals surface area contributed by atoms with Crippen LogP contribution in [0.3, 0.4) is 0 Å². The molecule has 2 amide bonds. The van der Waals surface area contributed by atoms with Gasteiger partial charge in [0.15, 0.2) is 0 Å². The molecule has 0 radical (unpaired) electrons. The number of carbonyl (C=O) groups excluding carboxylic acids is 2. The predicted octanol–water partition coefficient (Wildman–Crippen LogP) is 6.44. The molecule has 1 atom stereocenters. The molecular weight excluding hydrogens is 522 g/mol. The number of thioether (sulfide) groups is 1. The fourth-order valence-electron chi connectivity index (χ4n) is 3.84. The first kappa shape index (κ1) is 24.8. The second kappa shape index (κ2) is 10.5. The van der Waals surface area contributed by atoms with Gasteiger partial charge < -0.3 is 5.32 Å². The van der Waals surface area contributed by atoms with E-state index in [2.05, 4.69) is 27.3 Å². The van der Waals surface area contributed by atoms with Gasteiger partial charge in [-0.3, -0.25) is 14.5 Å². The van der Waals surface area contributed by atoms with E-state index in [4.69, 9.17) is 0 Å². The molecule has 3 aromatic rings. The number of nitrogens with zero attached hydrogens (tertiary/aromatic N) is 2. The molecule has 3 aromatic carbocycles. The van der Waals surface area contributed by atoms with E-state index in [0.717, 1.165) is 26.7 Å². The summed E-state index contributed by atoms with van der Waals surface area (Å²) in [6.07, 6.45) is 0.486. The van der Waals surface area contributed by atoms with Crippen molar-refractivity contribution in [3.8, 4) is 6.07 Å². The van der Waals surface area contributed by atoms with Gasteiger partial charge in [0.05, 0.1) is 5.25 Å². The Morgan fingerprint density at radius 3 is 2.46 bits per heavy atom. The Hall–Kier alpha value is -3.34. The average molecular weight is 546 g/mol. The van der Waals surface area contributed by atoms with E-state index in [1.165, 1.54) is 16.7 Å². The van der Waals surface area contributed by atoms with Crippen LogP contribution in [0.2, 0.25) is 0 Å². The van der Waals surface area contributed by atoms with Gasteiger partial charge in [0.25, 0.3) is 5.91 Å². The Morgan fingerprint density at radius 2 is 1.80 bits per heavy atom. The summed E-state index contributed by atoms with van der Waals surface area (Å²) < 4.78 is 0.962. The van der Waals surface area contributed by atoms with E-state index in [0.29, 0.717) is 22.8 Å². The predicted molar refractivity (Wildman–Crippen MR) is 145 cm³/mol. The quantitative estimate of drug-likeness (QED) is 0.295. The maximum Gasteiger partial charge on any atom is 0.269 e. The lowest BCUT2D eigenvalue weighted by atomic mass is 10.1. The first-order chi connectivity index (χ1) is 16.8. The molecule has 176 valence electrons. The zero-order chi connectivity index (χ0) is 25.1. The molecule has 0 bridgehead atoms. The van der Waals surface area contributed by atoms with Gasteiger partial charge in [-0.2, -0.15) is 5.26 Å². The van der Waals surface area contributed by atoms with Crippen molar-refractivity contribution in [1.29, 1.82) is 5.26 Å². The van der Waals surface area contributed by atoms with Crippen LogP contribution >= 0.6 is 27.7 Å². The minimum atomic E-state index is -0.536.